The molecule has 1 saturated heterocycles. The first-order valence-electron chi connectivity index (χ1n) is 9.57. The molecular weight excluding hydrogens is 324 g/mol. The van der Waals surface area contributed by atoms with E-state index < -0.39 is 0 Å². The van der Waals surface area contributed by atoms with Crippen LogP contribution in [0.1, 0.15) is 37.3 Å². The normalized spacial score (nSPS) is 14.1. The highest BCUT2D eigenvalue weighted by molar-refractivity contribution is 5.77. The number of carbonyl (C=O) groups is 1. The summed E-state index contributed by atoms with van der Waals surface area (Å²) in [5.74, 6) is 0.618. The van der Waals surface area contributed by atoms with Crippen molar-refractivity contribution in [2.24, 2.45) is 0 Å². The zero-order chi connectivity index (χ0) is 18.2. The minimum Gasteiger partial charge on any atom is -0.484 e. The van der Waals surface area contributed by atoms with Crippen LogP contribution in [-0.2, 0) is 17.8 Å². The van der Waals surface area contributed by atoms with Gasteiger partial charge in [0, 0.05) is 25.3 Å². The summed E-state index contributed by atoms with van der Waals surface area (Å²) in [4.78, 5) is 14.4. The van der Waals surface area contributed by atoms with Gasteiger partial charge in [-0.05, 0) is 61.1 Å². The molecule has 1 aliphatic rings. The van der Waals surface area contributed by atoms with E-state index in [0.717, 1.165) is 30.8 Å². The second kappa shape index (κ2) is 9.27. The van der Waals surface area contributed by atoms with Crippen molar-refractivity contribution in [3.05, 3.63) is 59.7 Å². The maximum atomic E-state index is 12.0. The second-order valence-corrected chi connectivity index (χ2v) is 6.78. The SMILES string of the molecule is CCc1ccc(OCC(=O)NCc2ccc(N3CCCCC3)cc2)cc1. The lowest BCUT2D eigenvalue weighted by molar-refractivity contribution is -0.123. The predicted molar refractivity (Wildman–Crippen MR) is 106 cm³/mol. The van der Waals surface area contributed by atoms with E-state index in [9.17, 15) is 4.79 Å². The fourth-order valence-electron chi connectivity index (χ4n) is 3.20. The van der Waals surface area contributed by atoms with Crippen LogP contribution in [0.3, 0.4) is 0 Å². The maximum Gasteiger partial charge on any atom is 0.258 e. The molecule has 1 amide bonds. The molecule has 138 valence electrons. The number of hydrogen-bond donors (Lipinski definition) is 1. The zero-order valence-electron chi connectivity index (χ0n) is 15.5. The molecule has 26 heavy (non-hydrogen) atoms. The van der Waals surface area contributed by atoms with Crippen molar-refractivity contribution in [1.82, 2.24) is 5.32 Å². The average molecular weight is 352 g/mol. The lowest BCUT2D eigenvalue weighted by atomic mass is 10.1. The molecule has 0 bridgehead atoms. The molecule has 4 nitrogen and oxygen atoms in total. The molecular formula is C22H28N2O2. The van der Waals surface area contributed by atoms with Crippen molar-refractivity contribution in [2.45, 2.75) is 39.2 Å². The summed E-state index contributed by atoms with van der Waals surface area (Å²) in [5, 5.41) is 2.91. The molecule has 1 aliphatic heterocycles. The van der Waals surface area contributed by atoms with Gasteiger partial charge < -0.3 is 15.0 Å². The van der Waals surface area contributed by atoms with Gasteiger partial charge in [0.25, 0.3) is 5.91 Å². The Labute approximate surface area is 156 Å². The number of ether oxygens (including phenoxy) is 1. The summed E-state index contributed by atoms with van der Waals surface area (Å²) in [6.45, 7) is 4.97. The predicted octanol–water partition coefficient (Wildman–Crippen LogP) is 3.93. The summed E-state index contributed by atoms with van der Waals surface area (Å²) < 4.78 is 5.54. The number of nitrogens with one attached hydrogen (secondary N) is 1. The molecule has 0 radical (unpaired) electrons. The van der Waals surface area contributed by atoms with E-state index in [1.807, 2.05) is 24.3 Å². The van der Waals surface area contributed by atoms with E-state index in [2.05, 4.69) is 41.4 Å². The van der Waals surface area contributed by atoms with Crippen LogP contribution in [0.2, 0.25) is 0 Å². The number of nitrogens with zero attached hydrogens (tertiary/aromatic N) is 1. The van der Waals surface area contributed by atoms with Crippen LogP contribution in [0, 0.1) is 0 Å². The minimum atomic E-state index is -0.107. The third-order valence-electron chi connectivity index (χ3n) is 4.85. The Morgan fingerprint density at radius 3 is 2.27 bits per heavy atom. The second-order valence-electron chi connectivity index (χ2n) is 6.78. The third kappa shape index (κ3) is 5.25. The van der Waals surface area contributed by atoms with Crippen molar-refractivity contribution >= 4 is 11.6 Å². The zero-order valence-corrected chi connectivity index (χ0v) is 15.5. The maximum absolute atomic E-state index is 12.0. The Hall–Kier alpha value is -2.49. The lowest BCUT2D eigenvalue weighted by Gasteiger charge is -2.28. The number of rotatable bonds is 7. The summed E-state index contributed by atoms with van der Waals surface area (Å²) in [7, 11) is 0. The molecule has 1 heterocycles. The molecule has 0 saturated carbocycles. The Balaban J connectivity index is 1.42. The number of carbonyl (C=O) groups excluding carboxylic acids is 1. The van der Waals surface area contributed by atoms with Crippen LogP contribution in [0.5, 0.6) is 5.75 Å². The van der Waals surface area contributed by atoms with Crippen molar-refractivity contribution in [2.75, 3.05) is 24.6 Å². The number of benzene rings is 2. The van der Waals surface area contributed by atoms with Gasteiger partial charge in [0.1, 0.15) is 5.75 Å². The summed E-state index contributed by atoms with van der Waals surface area (Å²) in [6, 6.07) is 16.4. The van der Waals surface area contributed by atoms with Gasteiger partial charge in [-0.15, -0.1) is 0 Å². The molecule has 0 aliphatic carbocycles. The van der Waals surface area contributed by atoms with Crippen molar-refractivity contribution < 1.29 is 9.53 Å². The molecule has 1 fully saturated rings. The Morgan fingerprint density at radius 2 is 1.62 bits per heavy atom. The smallest absolute Gasteiger partial charge is 0.258 e. The number of aryl methyl sites for hydroxylation is 1. The molecule has 4 heteroatoms. The first kappa shape index (κ1) is 18.3. The first-order chi connectivity index (χ1) is 12.7. The van der Waals surface area contributed by atoms with Crippen LogP contribution < -0.4 is 15.0 Å². The van der Waals surface area contributed by atoms with E-state index in [4.69, 9.17) is 4.74 Å². The van der Waals surface area contributed by atoms with Crippen LogP contribution in [0.25, 0.3) is 0 Å². The number of anilines is 1. The van der Waals surface area contributed by atoms with Crippen molar-refractivity contribution in [1.29, 1.82) is 0 Å². The highest BCUT2D eigenvalue weighted by atomic mass is 16.5. The van der Waals surface area contributed by atoms with Crippen LogP contribution >= 0.6 is 0 Å². The molecule has 0 unspecified atom stereocenters. The van der Waals surface area contributed by atoms with Gasteiger partial charge in [-0.3, -0.25) is 4.79 Å². The Bertz CT molecular complexity index is 689. The van der Waals surface area contributed by atoms with Crippen molar-refractivity contribution in [3.8, 4) is 5.75 Å². The van der Waals surface area contributed by atoms with Gasteiger partial charge in [0.2, 0.25) is 0 Å². The molecule has 2 aromatic carbocycles. The molecule has 0 aromatic heterocycles. The van der Waals surface area contributed by atoms with Crippen LogP contribution in [0.15, 0.2) is 48.5 Å². The Morgan fingerprint density at radius 1 is 0.962 bits per heavy atom. The summed E-state index contributed by atoms with van der Waals surface area (Å²) in [5.41, 5.74) is 3.64. The molecule has 1 N–H and O–H groups in total. The molecule has 2 aromatic rings. The lowest BCUT2D eigenvalue weighted by Crippen LogP contribution is -2.29. The molecule has 3 rings (SSSR count). The van der Waals surface area contributed by atoms with Gasteiger partial charge in [-0.1, -0.05) is 31.2 Å². The first-order valence-corrected chi connectivity index (χ1v) is 9.57. The summed E-state index contributed by atoms with van der Waals surface area (Å²) in [6.07, 6.45) is 4.89. The number of piperidine rings is 1. The van der Waals surface area contributed by atoms with Gasteiger partial charge in [0.15, 0.2) is 6.61 Å². The van der Waals surface area contributed by atoms with E-state index in [-0.39, 0.29) is 12.5 Å². The largest absolute Gasteiger partial charge is 0.484 e. The third-order valence-corrected chi connectivity index (χ3v) is 4.85. The standard InChI is InChI=1S/C22H28N2O2/c1-2-18-8-12-21(13-9-18)26-17-22(25)23-16-19-6-10-20(11-7-19)24-14-4-3-5-15-24/h6-13H,2-5,14-17H2,1H3,(H,23,25). The molecule has 0 spiro atoms. The van der Waals surface area contributed by atoms with Crippen molar-refractivity contribution in [3.63, 3.8) is 0 Å². The minimum absolute atomic E-state index is 0.0390. The van der Waals surface area contributed by atoms with E-state index in [0.29, 0.717) is 6.54 Å². The molecule has 0 atom stereocenters. The summed E-state index contributed by atoms with van der Waals surface area (Å²) >= 11 is 0. The van der Waals surface area contributed by atoms with E-state index in [1.165, 1.54) is 30.5 Å². The number of amides is 1. The van der Waals surface area contributed by atoms with Gasteiger partial charge in [-0.25, -0.2) is 0 Å². The Kier molecular flexibility index (Phi) is 6.53. The fourth-order valence-corrected chi connectivity index (χ4v) is 3.20. The fraction of sp³-hybridized carbons (Fsp3) is 0.409. The highest BCUT2D eigenvalue weighted by Crippen LogP contribution is 2.20. The van der Waals surface area contributed by atoms with Gasteiger partial charge in [0.05, 0.1) is 0 Å². The monoisotopic (exact) mass is 352 g/mol. The number of hydrogen-bond acceptors (Lipinski definition) is 3. The quantitative estimate of drug-likeness (QED) is 0.821. The van der Waals surface area contributed by atoms with Crippen LogP contribution in [-0.4, -0.2) is 25.6 Å². The topological polar surface area (TPSA) is 41.6 Å². The van der Waals surface area contributed by atoms with E-state index in [1.54, 1.807) is 0 Å². The highest BCUT2D eigenvalue weighted by Gasteiger charge is 2.10. The van der Waals surface area contributed by atoms with Crippen LogP contribution in [0.4, 0.5) is 5.69 Å². The van der Waals surface area contributed by atoms with Gasteiger partial charge in [-0.2, -0.15) is 0 Å². The average Bonchev–Trinajstić information content (AvgIpc) is 2.72. The van der Waals surface area contributed by atoms with E-state index >= 15 is 0 Å². The van der Waals surface area contributed by atoms with Gasteiger partial charge >= 0.3 is 0 Å².